The molecule has 0 aliphatic heterocycles. The summed E-state index contributed by atoms with van der Waals surface area (Å²) in [6, 6.07) is 1.83. The summed E-state index contributed by atoms with van der Waals surface area (Å²) < 4.78 is 0. The van der Waals surface area contributed by atoms with E-state index in [0.29, 0.717) is 17.2 Å². The number of nitrogens with zero attached hydrogens (tertiary/aromatic N) is 2. The topological polar surface area (TPSA) is 83.3 Å². The van der Waals surface area contributed by atoms with Gasteiger partial charge in [-0.2, -0.15) is 0 Å². The molecule has 1 atom stereocenters. The molecule has 20 heavy (non-hydrogen) atoms. The van der Waals surface area contributed by atoms with Gasteiger partial charge in [0.25, 0.3) is 5.91 Å². The average Bonchev–Trinajstić information content (AvgIpc) is 2.36. The predicted octanol–water partition coefficient (Wildman–Crippen LogP) is 0.992. The predicted molar refractivity (Wildman–Crippen MR) is 81.4 cm³/mol. The number of nitrogens with one attached hydrogen (secondary N) is 2. The molecule has 0 fully saturated rings. The van der Waals surface area contributed by atoms with Gasteiger partial charge in [-0.25, -0.2) is 0 Å². The summed E-state index contributed by atoms with van der Waals surface area (Å²) in [6.07, 6.45) is 1.55. The first-order valence-electron chi connectivity index (χ1n) is 6.74. The fourth-order valence-electron chi connectivity index (χ4n) is 1.92. The SMILES string of the molecule is Cc1cc(NN)c(C(=O)NC(CN(C)C)C(C)C)cn1. The van der Waals surface area contributed by atoms with Gasteiger partial charge in [-0.15, -0.1) is 0 Å². The molecule has 0 saturated heterocycles. The Labute approximate surface area is 120 Å². The molecule has 0 saturated carbocycles. The molecule has 1 unspecified atom stereocenters. The molecule has 6 nitrogen and oxygen atoms in total. The molecular weight excluding hydrogens is 254 g/mol. The molecule has 1 amide bonds. The van der Waals surface area contributed by atoms with Crippen molar-refractivity contribution in [2.75, 3.05) is 26.1 Å². The molecule has 0 aliphatic carbocycles. The quantitative estimate of drug-likeness (QED) is 0.534. The van der Waals surface area contributed by atoms with E-state index in [0.717, 1.165) is 12.2 Å². The van der Waals surface area contributed by atoms with Crippen molar-refractivity contribution in [3.8, 4) is 0 Å². The summed E-state index contributed by atoms with van der Waals surface area (Å²) in [7, 11) is 3.98. The van der Waals surface area contributed by atoms with Crippen LogP contribution in [0, 0.1) is 12.8 Å². The smallest absolute Gasteiger partial charge is 0.255 e. The molecule has 1 aromatic heterocycles. The van der Waals surface area contributed by atoms with Crippen LogP contribution >= 0.6 is 0 Å². The van der Waals surface area contributed by atoms with Crippen LogP contribution < -0.4 is 16.6 Å². The van der Waals surface area contributed by atoms with E-state index in [4.69, 9.17) is 5.84 Å². The van der Waals surface area contributed by atoms with Gasteiger partial charge < -0.3 is 15.6 Å². The van der Waals surface area contributed by atoms with Crippen LogP contribution in [0.2, 0.25) is 0 Å². The molecule has 1 rings (SSSR count). The molecule has 0 spiro atoms. The number of rotatable bonds is 6. The third-order valence-corrected chi connectivity index (χ3v) is 3.12. The fourth-order valence-corrected chi connectivity index (χ4v) is 1.92. The lowest BCUT2D eigenvalue weighted by atomic mass is 10.0. The fraction of sp³-hybridized carbons (Fsp3) is 0.571. The second-order valence-corrected chi connectivity index (χ2v) is 5.60. The highest BCUT2D eigenvalue weighted by molar-refractivity contribution is 5.99. The number of hydrogen-bond acceptors (Lipinski definition) is 5. The van der Waals surface area contributed by atoms with Crippen LogP contribution in [0.4, 0.5) is 5.69 Å². The van der Waals surface area contributed by atoms with Crippen molar-refractivity contribution in [2.45, 2.75) is 26.8 Å². The van der Waals surface area contributed by atoms with E-state index >= 15 is 0 Å². The molecule has 6 heteroatoms. The van der Waals surface area contributed by atoms with E-state index in [1.807, 2.05) is 21.0 Å². The third-order valence-electron chi connectivity index (χ3n) is 3.12. The summed E-state index contributed by atoms with van der Waals surface area (Å²) in [6.45, 7) is 6.81. The zero-order chi connectivity index (χ0) is 15.3. The van der Waals surface area contributed by atoms with Gasteiger partial charge in [-0.1, -0.05) is 13.8 Å². The maximum Gasteiger partial charge on any atom is 0.255 e. The van der Waals surface area contributed by atoms with Crippen LogP contribution in [0.5, 0.6) is 0 Å². The van der Waals surface area contributed by atoms with Crippen LogP contribution in [0.15, 0.2) is 12.3 Å². The highest BCUT2D eigenvalue weighted by Crippen LogP contribution is 2.15. The van der Waals surface area contributed by atoms with Crippen molar-refractivity contribution in [2.24, 2.45) is 11.8 Å². The average molecular weight is 279 g/mol. The zero-order valence-electron chi connectivity index (χ0n) is 12.9. The summed E-state index contributed by atoms with van der Waals surface area (Å²) in [5.41, 5.74) is 4.40. The van der Waals surface area contributed by atoms with Crippen molar-refractivity contribution >= 4 is 11.6 Å². The maximum atomic E-state index is 12.4. The first-order valence-corrected chi connectivity index (χ1v) is 6.74. The highest BCUT2D eigenvalue weighted by Gasteiger charge is 2.20. The number of pyridine rings is 1. The number of carbonyl (C=O) groups excluding carboxylic acids is 1. The number of amides is 1. The van der Waals surface area contributed by atoms with Crippen LogP contribution in [0.25, 0.3) is 0 Å². The third kappa shape index (κ3) is 4.47. The number of anilines is 1. The van der Waals surface area contributed by atoms with Crippen molar-refractivity contribution in [1.29, 1.82) is 0 Å². The molecule has 112 valence electrons. The van der Waals surface area contributed by atoms with Gasteiger partial charge in [0.2, 0.25) is 0 Å². The zero-order valence-corrected chi connectivity index (χ0v) is 12.9. The van der Waals surface area contributed by atoms with Crippen LogP contribution in [0.1, 0.15) is 29.9 Å². The van der Waals surface area contributed by atoms with Crippen LogP contribution in [-0.4, -0.2) is 42.5 Å². The molecule has 0 radical (unpaired) electrons. The van der Waals surface area contributed by atoms with Gasteiger partial charge in [0, 0.05) is 24.5 Å². The Bertz CT molecular complexity index is 459. The molecule has 1 heterocycles. The van der Waals surface area contributed by atoms with E-state index in [1.54, 1.807) is 12.3 Å². The van der Waals surface area contributed by atoms with Gasteiger partial charge in [-0.3, -0.25) is 15.6 Å². The van der Waals surface area contributed by atoms with E-state index in [1.165, 1.54) is 0 Å². The largest absolute Gasteiger partial charge is 0.348 e. The highest BCUT2D eigenvalue weighted by atomic mass is 16.1. The van der Waals surface area contributed by atoms with E-state index < -0.39 is 0 Å². The first kappa shape index (κ1) is 16.4. The van der Waals surface area contributed by atoms with Gasteiger partial charge in [0.1, 0.15) is 0 Å². The monoisotopic (exact) mass is 279 g/mol. The number of carbonyl (C=O) groups is 1. The van der Waals surface area contributed by atoms with E-state index in [2.05, 4.69) is 34.5 Å². The van der Waals surface area contributed by atoms with Crippen LogP contribution in [0.3, 0.4) is 0 Å². The minimum Gasteiger partial charge on any atom is -0.348 e. The normalized spacial score (nSPS) is 12.6. The van der Waals surface area contributed by atoms with Gasteiger partial charge in [-0.05, 0) is 33.0 Å². The standard InChI is InChI=1S/C14H25N5O/c1-9(2)13(8-19(4)5)17-14(20)11-7-16-10(3)6-12(11)18-15/h6-7,9,13H,8,15H2,1-5H3,(H,16,18)(H,17,20). The Morgan fingerprint density at radius 1 is 1.45 bits per heavy atom. The minimum atomic E-state index is -0.161. The minimum absolute atomic E-state index is 0.0735. The molecular formula is C14H25N5O. The lowest BCUT2D eigenvalue weighted by Gasteiger charge is -2.26. The molecule has 0 bridgehead atoms. The van der Waals surface area contributed by atoms with Crippen molar-refractivity contribution in [3.63, 3.8) is 0 Å². The Hall–Kier alpha value is -1.66. The lowest BCUT2D eigenvalue weighted by molar-refractivity contribution is 0.0917. The van der Waals surface area contributed by atoms with Gasteiger partial charge >= 0.3 is 0 Å². The Morgan fingerprint density at radius 2 is 2.10 bits per heavy atom. The van der Waals surface area contributed by atoms with Gasteiger partial charge in [0.15, 0.2) is 0 Å². The van der Waals surface area contributed by atoms with Crippen molar-refractivity contribution < 1.29 is 4.79 Å². The summed E-state index contributed by atoms with van der Waals surface area (Å²) >= 11 is 0. The van der Waals surface area contributed by atoms with Crippen molar-refractivity contribution in [3.05, 3.63) is 23.5 Å². The summed E-state index contributed by atoms with van der Waals surface area (Å²) in [5, 5.41) is 3.04. The number of nitrogens with two attached hydrogens (primary N) is 1. The van der Waals surface area contributed by atoms with Gasteiger partial charge in [0.05, 0.1) is 11.3 Å². The molecule has 0 aromatic carbocycles. The number of nitrogen functional groups attached to an aromatic ring is 1. The molecule has 4 N–H and O–H groups in total. The number of aromatic nitrogens is 1. The Morgan fingerprint density at radius 3 is 2.60 bits per heavy atom. The van der Waals surface area contributed by atoms with E-state index in [-0.39, 0.29) is 11.9 Å². The molecule has 0 aliphatic rings. The first-order chi connectivity index (χ1) is 9.35. The maximum absolute atomic E-state index is 12.4. The Kier molecular flexibility index (Phi) is 5.91. The number of likely N-dealkylation sites (N-methyl/N-ethyl adjacent to an activating group) is 1. The number of hydrazine groups is 1. The molecule has 1 aromatic rings. The lowest BCUT2D eigenvalue weighted by Crippen LogP contribution is -2.45. The number of aryl methyl sites for hydroxylation is 1. The summed E-state index contributed by atoms with van der Waals surface area (Å²) in [4.78, 5) is 18.6. The Balaban J connectivity index is 2.89. The summed E-state index contributed by atoms with van der Waals surface area (Å²) in [5.74, 6) is 5.64. The second kappa shape index (κ2) is 7.21. The van der Waals surface area contributed by atoms with Crippen molar-refractivity contribution in [1.82, 2.24) is 15.2 Å². The second-order valence-electron chi connectivity index (χ2n) is 5.60. The van der Waals surface area contributed by atoms with E-state index in [9.17, 15) is 4.79 Å². The number of hydrogen-bond donors (Lipinski definition) is 3. The van der Waals surface area contributed by atoms with Crippen LogP contribution in [-0.2, 0) is 0 Å².